The molecule has 118 valence electrons. The molecule has 2 aliphatic carbocycles. The third kappa shape index (κ3) is 1.91. The molecule has 0 radical (unpaired) electrons. The zero-order valence-electron chi connectivity index (χ0n) is 9.96. The molecule has 3 atom stereocenters. The van der Waals surface area contributed by atoms with Gasteiger partial charge in [0.15, 0.2) is 0 Å². The Kier molecular flexibility index (Phi) is 3.30. The lowest BCUT2D eigenvalue weighted by Gasteiger charge is -2.39. The zero-order valence-corrected chi connectivity index (χ0v) is 9.96. The summed E-state index contributed by atoms with van der Waals surface area (Å²) in [5.41, 5.74) is 0. The molecule has 0 aromatic carbocycles. The van der Waals surface area contributed by atoms with Crippen LogP contribution >= 0.6 is 0 Å². The molecule has 0 heterocycles. The smallest absolute Gasteiger partial charge is 0.199 e. The number of alkyl halides is 9. The first-order valence-corrected chi connectivity index (χ1v) is 6.02. The third-order valence-electron chi connectivity index (χ3n) is 4.37. The van der Waals surface area contributed by atoms with Gasteiger partial charge in [0.05, 0.1) is 0 Å². The second-order valence-corrected chi connectivity index (χ2v) is 5.55. The maximum absolute atomic E-state index is 13.7. The molecular formula is C11H11F9. The van der Waals surface area contributed by atoms with Gasteiger partial charge in [-0.05, 0) is 31.1 Å². The number of hydrogen-bond donors (Lipinski definition) is 0. The molecule has 0 aromatic heterocycles. The van der Waals surface area contributed by atoms with Gasteiger partial charge >= 0.3 is 23.9 Å². The number of rotatable bonds is 3. The van der Waals surface area contributed by atoms with Crippen LogP contribution in [0.25, 0.3) is 0 Å². The highest BCUT2D eigenvalue weighted by Crippen LogP contribution is 2.61. The van der Waals surface area contributed by atoms with Gasteiger partial charge in [0.25, 0.3) is 0 Å². The summed E-state index contributed by atoms with van der Waals surface area (Å²) in [6.45, 7) is 0. The normalized spacial score (nSPS) is 31.9. The molecule has 0 aliphatic heterocycles. The Hall–Kier alpha value is -0.630. The van der Waals surface area contributed by atoms with Crippen molar-refractivity contribution in [3.63, 3.8) is 0 Å². The van der Waals surface area contributed by atoms with Crippen LogP contribution in [0.2, 0.25) is 0 Å². The lowest BCUT2D eigenvalue weighted by molar-refractivity contribution is -0.404. The van der Waals surface area contributed by atoms with E-state index in [1.54, 1.807) is 0 Å². The second-order valence-electron chi connectivity index (χ2n) is 5.55. The maximum Gasteiger partial charge on any atom is 0.460 e. The Balaban J connectivity index is 2.32. The standard InChI is InChI=1S/C11H11F9/c12-8(13,7-4-5-1-2-6(7)3-5)9(14,15)10(16,17)11(18,19)20/h5-7H,1-4H2. The first-order chi connectivity index (χ1) is 8.82. The van der Waals surface area contributed by atoms with Crippen LogP contribution in [0.5, 0.6) is 0 Å². The highest BCUT2D eigenvalue weighted by molar-refractivity contribution is 5.07. The van der Waals surface area contributed by atoms with Crippen LogP contribution in [0.3, 0.4) is 0 Å². The van der Waals surface area contributed by atoms with Gasteiger partial charge in [0.1, 0.15) is 0 Å². The van der Waals surface area contributed by atoms with E-state index in [4.69, 9.17) is 0 Å². The van der Waals surface area contributed by atoms with Gasteiger partial charge < -0.3 is 0 Å². The molecular weight excluding hydrogens is 303 g/mol. The van der Waals surface area contributed by atoms with Crippen LogP contribution < -0.4 is 0 Å². The average Bonchev–Trinajstić information content (AvgIpc) is 2.88. The van der Waals surface area contributed by atoms with Gasteiger partial charge in [0.2, 0.25) is 0 Å². The fourth-order valence-corrected chi connectivity index (χ4v) is 3.31. The van der Waals surface area contributed by atoms with E-state index < -0.39 is 42.2 Å². The zero-order chi connectivity index (χ0) is 15.6. The van der Waals surface area contributed by atoms with Crippen molar-refractivity contribution >= 4 is 0 Å². The van der Waals surface area contributed by atoms with Gasteiger partial charge in [0, 0.05) is 5.92 Å². The predicted molar refractivity (Wildman–Crippen MR) is 49.8 cm³/mol. The SMILES string of the molecule is FC(F)(F)C(F)(F)C(F)(F)C(F)(F)C1CC2CCC1C2. The predicted octanol–water partition coefficient (Wildman–Crippen LogP) is 4.89. The minimum absolute atomic E-state index is 0.165. The van der Waals surface area contributed by atoms with Crippen molar-refractivity contribution in [1.29, 1.82) is 0 Å². The molecule has 0 nitrogen and oxygen atoms in total. The van der Waals surface area contributed by atoms with Crippen LogP contribution in [-0.2, 0) is 0 Å². The fourth-order valence-electron chi connectivity index (χ4n) is 3.31. The molecule has 0 spiro atoms. The Morgan fingerprint density at radius 1 is 0.650 bits per heavy atom. The molecule has 20 heavy (non-hydrogen) atoms. The van der Waals surface area contributed by atoms with Gasteiger partial charge in [-0.2, -0.15) is 39.5 Å². The molecule has 0 aromatic rings. The highest BCUT2D eigenvalue weighted by Gasteiger charge is 2.83. The van der Waals surface area contributed by atoms with E-state index in [1.165, 1.54) is 0 Å². The lowest BCUT2D eigenvalue weighted by atomic mass is 9.80. The first-order valence-electron chi connectivity index (χ1n) is 6.02. The molecule has 2 fully saturated rings. The van der Waals surface area contributed by atoms with Crippen LogP contribution in [0.15, 0.2) is 0 Å². The summed E-state index contributed by atoms with van der Waals surface area (Å²) >= 11 is 0. The van der Waals surface area contributed by atoms with Crippen molar-refractivity contribution in [2.24, 2.45) is 17.8 Å². The third-order valence-corrected chi connectivity index (χ3v) is 4.37. The van der Waals surface area contributed by atoms with Gasteiger partial charge in [-0.3, -0.25) is 0 Å². The first kappa shape index (κ1) is 15.8. The van der Waals surface area contributed by atoms with Crippen LogP contribution in [0.1, 0.15) is 25.7 Å². The molecule has 0 amide bonds. The summed E-state index contributed by atoms with van der Waals surface area (Å²) in [6, 6.07) is 0. The Morgan fingerprint density at radius 2 is 1.20 bits per heavy atom. The Morgan fingerprint density at radius 3 is 1.55 bits per heavy atom. The van der Waals surface area contributed by atoms with E-state index in [9.17, 15) is 39.5 Å². The summed E-state index contributed by atoms with van der Waals surface area (Å²) in [4.78, 5) is 0. The molecule has 2 bridgehead atoms. The van der Waals surface area contributed by atoms with E-state index in [1.807, 2.05) is 0 Å². The van der Waals surface area contributed by atoms with Crippen LogP contribution in [0.4, 0.5) is 39.5 Å². The van der Waals surface area contributed by atoms with Crippen molar-refractivity contribution in [2.45, 2.75) is 49.6 Å². The fraction of sp³-hybridized carbons (Fsp3) is 1.00. The molecule has 0 N–H and O–H groups in total. The quantitative estimate of drug-likeness (QED) is 0.651. The van der Waals surface area contributed by atoms with Gasteiger partial charge in [-0.25, -0.2) is 0 Å². The van der Waals surface area contributed by atoms with Crippen LogP contribution in [-0.4, -0.2) is 23.9 Å². The minimum Gasteiger partial charge on any atom is -0.199 e. The second kappa shape index (κ2) is 4.19. The maximum atomic E-state index is 13.7. The van der Waals surface area contributed by atoms with E-state index in [0.717, 1.165) is 0 Å². The van der Waals surface area contributed by atoms with E-state index in [0.29, 0.717) is 6.42 Å². The summed E-state index contributed by atoms with van der Waals surface area (Å²) in [5.74, 6) is -21.9. The topological polar surface area (TPSA) is 0 Å². The van der Waals surface area contributed by atoms with Crippen molar-refractivity contribution in [3.05, 3.63) is 0 Å². The molecule has 3 unspecified atom stereocenters. The van der Waals surface area contributed by atoms with Gasteiger partial charge in [-0.15, -0.1) is 0 Å². The van der Waals surface area contributed by atoms with Crippen LogP contribution in [0, 0.1) is 17.8 Å². The molecule has 9 heteroatoms. The number of hydrogen-bond acceptors (Lipinski definition) is 0. The summed E-state index contributed by atoms with van der Waals surface area (Å²) in [7, 11) is 0. The Bertz CT molecular complexity index is 384. The van der Waals surface area contributed by atoms with Crippen molar-refractivity contribution in [3.8, 4) is 0 Å². The average molecular weight is 314 g/mol. The molecule has 2 saturated carbocycles. The monoisotopic (exact) mass is 314 g/mol. The molecule has 2 rings (SSSR count). The molecule has 2 aliphatic rings. The van der Waals surface area contributed by atoms with Crippen molar-refractivity contribution < 1.29 is 39.5 Å². The largest absolute Gasteiger partial charge is 0.460 e. The minimum atomic E-state index is -6.76. The number of fused-ring (bicyclic) bond motifs is 2. The van der Waals surface area contributed by atoms with E-state index in [-0.39, 0.29) is 18.8 Å². The van der Waals surface area contributed by atoms with Crippen molar-refractivity contribution in [1.82, 2.24) is 0 Å². The van der Waals surface area contributed by atoms with E-state index in [2.05, 4.69) is 0 Å². The Labute approximate surface area is 108 Å². The van der Waals surface area contributed by atoms with Crippen molar-refractivity contribution in [2.75, 3.05) is 0 Å². The van der Waals surface area contributed by atoms with E-state index >= 15 is 0 Å². The summed E-state index contributed by atoms with van der Waals surface area (Å²) in [6.07, 6.45) is -6.27. The molecule has 0 saturated heterocycles. The summed E-state index contributed by atoms with van der Waals surface area (Å²) < 4.78 is 115. The summed E-state index contributed by atoms with van der Waals surface area (Å²) in [5, 5.41) is 0. The van der Waals surface area contributed by atoms with Gasteiger partial charge in [-0.1, -0.05) is 6.42 Å². The number of halogens is 9. The highest BCUT2D eigenvalue weighted by atomic mass is 19.4. The lowest BCUT2D eigenvalue weighted by Crippen LogP contribution is -2.63.